The largest absolute Gasteiger partial charge is 0.494 e. The van der Waals surface area contributed by atoms with E-state index in [-0.39, 0.29) is 11.4 Å². The number of nitrogens with one attached hydrogen (secondary N) is 1. The van der Waals surface area contributed by atoms with Gasteiger partial charge in [-0.3, -0.25) is 9.59 Å². The summed E-state index contributed by atoms with van der Waals surface area (Å²) in [6.45, 7) is 0.688. The first-order valence-electron chi connectivity index (χ1n) is 7.05. The Balaban J connectivity index is 1.71. The van der Waals surface area contributed by atoms with Gasteiger partial charge in [0.05, 0.1) is 11.6 Å². The monoisotopic (exact) mass is 338 g/mol. The normalized spacial score (nSPS) is 20.3. The maximum atomic E-state index is 13.6. The van der Waals surface area contributed by atoms with Crippen LogP contribution in [0.5, 0.6) is 0 Å². The molecule has 1 fully saturated rings. The Morgan fingerprint density at radius 1 is 1.30 bits per heavy atom. The maximum absolute atomic E-state index is 13.6. The maximum Gasteiger partial charge on any atom is 0.293 e. The Kier molecular flexibility index (Phi) is 4.71. The Labute approximate surface area is 136 Å². The first-order valence-corrected chi connectivity index (χ1v) is 8.21. The fourth-order valence-electron chi connectivity index (χ4n) is 2.26. The zero-order valence-electron chi connectivity index (χ0n) is 12.2. The van der Waals surface area contributed by atoms with Crippen molar-refractivity contribution in [2.45, 2.75) is 6.04 Å². The smallest absolute Gasteiger partial charge is 0.293 e. The molecule has 0 radical (unpaired) electrons. The minimum Gasteiger partial charge on any atom is -0.494 e. The number of benzene rings is 1. The third-order valence-corrected chi connectivity index (χ3v) is 4.45. The van der Waals surface area contributed by atoms with E-state index < -0.39 is 23.7 Å². The van der Waals surface area contributed by atoms with E-state index in [2.05, 4.69) is 5.32 Å². The van der Waals surface area contributed by atoms with Crippen LogP contribution in [0.15, 0.2) is 36.3 Å². The van der Waals surface area contributed by atoms with Gasteiger partial charge in [0, 0.05) is 5.75 Å². The van der Waals surface area contributed by atoms with Gasteiger partial charge in [-0.25, -0.2) is 4.39 Å². The molecule has 1 atom stereocenters. The number of carbonyl (C=O) groups excluding carboxylic acids is 2. The lowest BCUT2D eigenvalue weighted by Gasteiger charge is -2.25. The molecule has 2 aliphatic heterocycles. The van der Waals surface area contributed by atoms with Crippen molar-refractivity contribution in [3.8, 4) is 0 Å². The van der Waals surface area contributed by atoms with Crippen molar-refractivity contribution in [1.82, 2.24) is 4.90 Å². The van der Waals surface area contributed by atoms with E-state index in [1.807, 2.05) is 0 Å². The van der Waals surface area contributed by atoms with Gasteiger partial charge in [-0.2, -0.15) is 0 Å². The molecule has 8 heteroatoms. The number of thioether (sulfide) groups is 1. The number of rotatable bonds is 3. The molecule has 1 aromatic rings. The Bertz CT molecular complexity index is 652. The average molecular weight is 338 g/mol. The predicted molar refractivity (Wildman–Crippen MR) is 83.0 cm³/mol. The molecule has 23 heavy (non-hydrogen) atoms. The number of hydrogen-bond acceptors (Lipinski definition) is 5. The van der Waals surface area contributed by atoms with Crippen molar-refractivity contribution in [1.29, 1.82) is 0 Å². The fourth-order valence-corrected chi connectivity index (χ4v) is 3.41. The van der Waals surface area contributed by atoms with Crippen LogP contribution in [-0.4, -0.2) is 47.6 Å². The molecule has 0 aliphatic carbocycles. The summed E-state index contributed by atoms with van der Waals surface area (Å²) in [5, 5.41) is 2.53. The quantitative estimate of drug-likeness (QED) is 0.906. The van der Waals surface area contributed by atoms with E-state index >= 15 is 0 Å². The summed E-state index contributed by atoms with van der Waals surface area (Å²) < 4.78 is 24.0. The molecule has 1 saturated heterocycles. The van der Waals surface area contributed by atoms with Crippen LogP contribution in [0.25, 0.3) is 0 Å². The van der Waals surface area contributed by atoms with Crippen LogP contribution in [0.4, 0.5) is 10.1 Å². The zero-order chi connectivity index (χ0) is 16.2. The molecule has 0 aromatic heterocycles. The number of halogens is 1. The number of hydrogen-bond donors (Lipinski definition) is 1. The fraction of sp³-hybridized carbons (Fsp3) is 0.333. The molecule has 122 valence electrons. The van der Waals surface area contributed by atoms with Gasteiger partial charge in [-0.1, -0.05) is 12.1 Å². The van der Waals surface area contributed by atoms with Gasteiger partial charge >= 0.3 is 0 Å². The van der Waals surface area contributed by atoms with Crippen molar-refractivity contribution >= 4 is 29.3 Å². The van der Waals surface area contributed by atoms with E-state index in [9.17, 15) is 14.0 Å². The zero-order valence-corrected chi connectivity index (χ0v) is 13.0. The molecule has 2 amide bonds. The van der Waals surface area contributed by atoms with Crippen LogP contribution in [0.2, 0.25) is 0 Å². The number of carbonyl (C=O) groups is 2. The second-order valence-electron chi connectivity index (χ2n) is 4.96. The Morgan fingerprint density at radius 2 is 2.13 bits per heavy atom. The standard InChI is InChI=1S/C15H15FN2O4S/c16-10-3-1-2-4-11(10)17-14(19)12-8-23-9-18(12)15(20)13-7-21-5-6-22-13/h1-4,7,12H,5-6,8-9H2,(H,17,19). The minimum atomic E-state index is -0.682. The minimum absolute atomic E-state index is 0.0856. The highest BCUT2D eigenvalue weighted by molar-refractivity contribution is 7.99. The summed E-state index contributed by atoms with van der Waals surface area (Å²) in [6, 6.07) is 5.23. The highest BCUT2D eigenvalue weighted by atomic mass is 32.2. The van der Waals surface area contributed by atoms with Gasteiger partial charge in [0.1, 0.15) is 31.3 Å². The number of ether oxygens (including phenoxy) is 2. The SMILES string of the molecule is O=C(Nc1ccccc1F)C1CSCN1C(=O)C1=COCCO1. The van der Waals surface area contributed by atoms with Crippen LogP contribution in [0.3, 0.4) is 0 Å². The number of amides is 2. The van der Waals surface area contributed by atoms with Crippen molar-refractivity contribution < 1.29 is 23.5 Å². The van der Waals surface area contributed by atoms with Crippen molar-refractivity contribution in [2.75, 3.05) is 30.2 Å². The van der Waals surface area contributed by atoms with E-state index in [0.717, 1.165) is 0 Å². The van der Waals surface area contributed by atoms with Crippen LogP contribution < -0.4 is 5.32 Å². The Hall–Kier alpha value is -2.22. The first-order chi connectivity index (χ1) is 11.2. The molecule has 0 saturated carbocycles. The lowest BCUT2D eigenvalue weighted by Crippen LogP contribution is -2.45. The number of nitrogens with zero attached hydrogens (tertiary/aromatic N) is 1. The summed E-state index contributed by atoms with van der Waals surface area (Å²) in [5.41, 5.74) is 0.0956. The average Bonchev–Trinajstić information content (AvgIpc) is 3.07. The molecule has 1 aromatic carbocycles. The molecule has 0 spiro atoms. The summed E-state index contributed by atoms with van der Waals surface area (Å²) in [4.78, 5) is 26.2. The molecular formula is C15H15FN2O4S. The van der Waals surface area contributed by atoms with Crippen molar-refractivity contribution in [2.24, 2.45) is 0 Å². The van der Waals surface area contributed by atoms with Crippen LogP contribution in [0, 0.1) is 5.82 Å². The molecule has 2 heterocycles. The van der Waals surface area contributed by atoms with Gasteiger partial charge in [-0.15, -0.1) is 11.8 Å². The topological polar surface area (TPSA) is 67.9 Å². The summed E-state index contributed by atoms with van der Waals surface area (Å²) in [6.07, 6.45) is 1.26. The molecular weight excluding hydrogens is 323 g/mol. The van der Waals surface area contributed by atoms with Crippen LogP contribution in [0.1, 0.15) is 0 Å². The van der Waals surface area contributed by atoms with Crippen LogP contribution >= 0.6 is 11.8 Å². The lowest BCUT2D eigenvalue weighted by molar-refractivity contribution is -0.137. The molecule has 0 bridgehead atoms. The van der Waals surface area contributed by atoms with Gasteiger partial charge in [0.25, 0.3) is 5.91 Å². The van der Waals surface area contributed by atoms with E-state index in [1.165, 1.54) is 35.1 Å². The molecule has 6 nitrogen and oxygen atoms in total. The molecule has 1 unspecified atom stereocenters. The van der Waals surface area contributed by atoms with E-state index in [4.69, 9.17) is 9.47 Å². The predicted octanol–water partition coefficient (Wildman–Crippen LogP) is 1.55. The van der Waals surface area contributed by atoms with Gasteiger partial charge < -0.3 is 19.7 Å². The number of anilines is 1. The Morgan fingerprint density at radius 3 is 2.87 bits per heavy atom. The molecule has 2 aliphatic rings. The summed E-state index contributed by atoms with van der Waals surface area (Å²) in [5.74, 6) is -0.442. The lowest BCUT2D eigenvalue weighted by atomic mass is 10.2. The van der Waals surface area contributed by atoms with Crippen molar-refractivity contribution in [3.63, 3.8) is 0 Å². The van der Waals surface area contributed by atoms with E-state index in [0.29, 0.717) is 24.8 Å². The summed E-state index contributed by atoms with van der Waals surface area (Å²) in [7, 11) is 0. The highest BCUT2D eigenvalue weighted by Crippen LogP contribution is 2.25. The van der Waals surface area contributed by atoms with Gasteiger partial charge in [0.15, 0.2) is 0 Å². The third kappa shape index (κ3) is 3.42. The highest BCUT2D eigenvalue weighted by Gasteiger charge is 2.37. The second-order valence-corrected chi connectivity index (χ2v) is 5.96. The van der Waals surface area contributed by atoms with Crippen LogP contribution in [-0.2, 0) is 19.1 Å². The second kappa shape index (κ2) is 6.91. The summed E-state index contributed by atoms with van der Waals surface area (Å²) >= 11 is 1.45. The van der Waals surface area contributed by atoms with Crippen molar-refractivity contribution in [3.05, 3.63) is 42.1 Å². The third-order valence-electron chi connectivity index (χ3n) is 3.44. The van der Waals surface area contributed by atoms with E-state index in [1.54, 1.807) is 12.1 Å². The number of para-hydroxylation sites is 1. The first kappa shape index (κ1) is 15.7. The van der Waals surface area contributed by atoms with Gasteiger partial charge in [-0.05, 0) is 12.1 Å². The van der Waals surface area contributed by atoms with Gasteiger partial charge in [0.2, 0.25) is 11.7 Å². The molecule has 3 rings (SSSR count). The molecule has 1 N–H and O–H groups in total.